The minimum Gasteiger partial charge on any atom is -0.490 e. The average molecular weight is 555 g/mol. The summed E-state index contributed by atoms with van der Waals surface area (Å²) in [6.07, 6.45) is 2.53. The Bertz CT molecular complexity index is 1340. The predicted molar refractivity (Wildman–Crippen MR) is 150 cm³/mol. The highest BCUT2D eigenvalue weighted by Crippen LogP contribution is 2.40. The first kappa shape index (κ1) is 27.6. The van der Waals surface area contributed by atoms with E-state index in [4.69, 9.17) is 30.9 Å². The Labute approximate surface area is 232 Å². The van der Waals surface area contributed by atoms with Crippen LogP contribution in [0.2, 0.25) is 5.02 Å². The first-order chi connectivity index (χ1) is 18.5. The quantitative estimate of drug-likeness (QED) is 0.156. The van der Waals surface area contributed by atoms with Crippen molar-refractivity contribution in [1.29, 1.82) is 0 Å². The van der Waals surface area contributed by atoms with Crippen LogP contribution >= 0.6 is 23.4 Å². The predicted octanol–water partition coefficient (Wildman–Crippen LogP) is 6.43. The number of esters is 1. The maximum atomic E-state index is 13.2. The zero-order chi connectivity index (χ0) is 27.1. The molecule has 1 aromatic heterocycles. The molecule has 200 valence electrons. The summed E-state index contributed by atoms with van der Waals surface area (Å²) in [6, 6.07) is 12.6. The Morgan fingerprint density at radius 3 is 2.76 bits per heavy atom. The highest BCUT2D eigenvalue weighted by molar-refractivity contribution is 7.99. The molecule has 2 aromatic carbocycles. The molecule has 38 heavy (non-hydrogen) atoms. The number of anilines is 1. The second kappa shape index (κ2) is 12.9. The number of thioether (sulfide) groups is 1. The van der Waals surface area contributed by atoms with E-state index >= 15 is 0 Å². The number of fused-ring (bicyclic) bond motifs is 1. The van der Waals surface area contributed by atoms with Crippen LogP contribution in [0.3, 0.4) is 0 Å². The molecule has 8 nitrogen and oxygen atoms in total. The smallest absolute Gasteiger partial charge is 0.338 e. The molecule has 10 heteroatoms. The molecule has 0 bridgehead atoms. The molecule has 1 atom stereocenters. The fraction of sp³-hybridized carbons (Fsp3) is 0.321. The number of halogens is 1. The van der Waals surface area contributed by atoms with Crippen LogP contribution in [0.25, 0.3) is 0 Å². The molecular formula is C28H31ClN4O4S. The third-order valence-electron chi connectivity index (χ3n) is 5.74. The first-order valence-electron chi connectivity index (χ1n) is 12.4. The van der Waals surface area contributed by atoms with Gasteiger partial charge in [0.25, 0.3) is 0 Å². The van der Waals surface area contributed by atoms with Gasteiger partial charge in [0.15, 0.2) is 11.5 Å². The molecule has 1 aliphatic rings. The van der Waals surface area contributed by atoms with Crippen LogP contribution < -0.4 is 14.8 Å². The molecule has 0 spiro atoms. The van der Waals surface area contributed by atoms with Crippen LogP contribution in [-0.2, 0) is 16.1 Å². The Hall–Kier alpha value is -3.43. The summed E-state index contributed by atoms with van der Waals surface area (Å²) in [4.78, 5) is 17.9. The maximum Gasteiger partial charge on any atom is 0.338 e. The fourth-order valence-corrected chi connectivity index (χ4v) is 4.90. The lowest BCUT2D eigenvalue weighted by atomic mass is 9.95. The van der Waals surface area contributed by atoms with Crippen LogP contribution in [0.5, 0.6) is 11.5 Å². The van der Waals surface area contributed by atoms with Crippen molar-refractivity contribution in [2.75, 3.05) is 24.3 Å². The summed E-state index contributed by atoms with van der Waals surface area (Å²) < 4.78 is 19.2. The molecule has 0 amide bonds. The van der Waals surface area contributed by atoms with Crippen LogP contribution in [0, 0.1) is 0 Å². The molecule has 0 aliphatic carbocycles. The molecule has 1 unspecified atom stereocenters. The molecule has 1 N–H and O–H groups in total. The van der Waals surface area contributed by atoms with Crippen LogP contribution in [-0.4, -0.2) is 39.7 Å². The van der Waals surface area contributed by atoms with Crippen molar-refractivity contribution in [3.8, 4) is 11.5 Å². The minimum atomic E-state index is -0.580. The summed E-state index contributed by atoms with van der Waals surface area (Å²) in [7, 11) is 0. The number of rotatable bonds is 12. The topological polar surface area (TPSA) is 87.5 Å². The second-order valence-corrected chi connectivity index (χ2v) is 9.95. The first-order valence-corrected chi connectivity index (χ1v) is 13.8. The lowest BCUT2D eigenvalue weighted by molar-refractivity contribution is -0.138. The Kier molecular flexibility index (Phi) is 9.36. The van der Waals surface area contributed by atoms with Crippen molar-refractivity contribution in [2.24, 2.45) is 0 Å². The third-order valence-corrected chi connectivity index (χ3v) is 7.16. The number of hydrogen-bond donors (Lipinski definition) is 1. The summed E-state index contributed by atoms with van der Waals surface area (Å²) >= 11 is 7.87. The molecule has 0 saturated carbocycles. The van der Waals surface area contributed by atoms with Gasteiger partial charge in [-0.3, -0.25) is 0 Å². The Morgan fingerprint density at radius 1 is 1.21 bits per heavy atom. The number of hydrogen-bond acceptors (Lipinski definition) is 8. The van der Waals surface area contributed by atoms with E-state index in [1.807, 2.05) is 56.3 Å². The molecule has 2 heterocycles. The van der Waals surface area contributed by atoms with Gasteiger partial charge in [-0.25, -0.2) is 9.48 Å². The van der Waals surface area contributed by atoms with E-state index in [1.54, 1.807) is 16.4 Å². The number of nitrogens with one attached hydrogen (secondary N) is 1. The van der Waals surface area contributed by atoms with Gasteiger partial charge in [0.1, 0.15) is 19.3 Å². The van der Waals surface area contributed by atoms with Gasteiger partial charge < -0.3 is 19.5 Å². The normalized spacial score (nSPS) is 14.5. The van der Waals surface area contributed by atoms with Gasteiger partial charge in [0.2, 0.25) is 11.1 Å². The lowest BCUT2D eigenvalue weighted by Gasteiger charge is -2.28. The van der Waals surface area contributed by atoms with Gasteiger partial charge in [-0.1, -0.05) is 67.2 Å². The molecule has 0 radical (unpaired) electrons. The summed E-state index contributed by atoms with van der Waals surface area (Å²) in [6.45, 7) is 10.3. The van der Waals surface area contributed by atoms with Gasteiger partial charge >= 0.3 is 5.97 Å². The lowest BCUT2D eigenvalue weighted by Crippen LogP contribution is -2.29. The zero-order valence-electron chi connectivity index (χ0n) is 21.7. The van der Waals surface area contributed by atoms with Crippen molar-refractivity contribution < 1.29 is 19.0 Å². The van der Waals surface area contributed by atoms with Crippen molar-refractivity contribution in [3.63, 3.8) is 0 Å². The Balaban J connectivity index is 1.73. The van der Waals surface area contributed by atoms with E-state index in [2.05, 4.69) is 23.8 Å². The monoisotopic (exact) mass is 554 g/mol. The van der Waals surface area contributed by atoms with Gasteiger partial charge in [0.05, 0.1) is 12.2 Å². The highest BCUT2D eigenvalue weighted by Gasteiger charge is 2.35. The summed E-state index contributed by atoms with van der Waals surface area (Å²) in [5.74, 6) is 2.11. The van der Waals surface area contributed by atoms with Crippen molar-refractivity contribution in [1.82, 2.24) is 14.8 Å². The van der Waals surface area contributed by atoms with E-state index in [1.165, 1.54) is 6.08 Å². The van der Waals surface area contributed by atoms with E-state index < -0.39 is 12.0 Å². The number of carbonyl (C=O) groups excluding carboxylic acids is 1. The van der Waals surface area contributed by atoms with E-state index in [9.17, 15) is 4.79 Å². The average Bonchev–Trinajstić information content (AvgIpc) is 3.32. The van der Waals surface area contributed by atoms with Crippen LogP contribution in [0.4, 0.5) is 5.95 Å². The largest absolute Gasteiger partial charge is 0.490 e. The number of allylic oxidation sites excluding steroid dienone is 1. The summed E-state index contributed by atoms with van der Waals surface area (Å²) in [5, 5.41) is 9.23. The molecule has 4 rings (SSSR count). The molecular weight excluding hydrogens is 524 g/mol. The van der Waals surface area contributed by atoms with Gasteiger partial charge in [-0.15, -0.1) is 5.10 Å². The molecule has 1 aliphatic heterocycles. The number of nitrogens with zero attached hydrogens (tertiary/aromatic N) is 3. The molecule has 0 saturated heterocycles. The fourth-order valence-electron chi connectivity index (χ4n) is 4.02. The third kappa shape index (κ3) is 6.16. The van der Waals surface area contributed by atoms with Gasteiger partial charge in [0, 0.05) is 22.0 Å². The molecule has 3 aromatic rings. The SMILES string of the molecule is C=CCOC(=O)C1=C(C)Nc2nc(SCCC)nn2C1c1ccc(OCc2ccccc2Cl)c(OCC)c1. The van der Waals surface area contributed by atoms with Crippen LogP contribution in [0.15, 0.2) is 71.5 Å². The second-order valence-electron chi connectivity index (χ2n) is 8.48. The number of carbonyl (C=O) groups is 1. The summed E-state index contributed by atoms with van der Waals surface area (Å²) in [5.41, 5.74) is 2.73. The molecule has 0 fully saturated rings. The number of ether oxygens (including phenoxy) is 3. The number of benzene rings is 2. The van der Waals surface area contributed by atoms with Crippen molar-refractivity contribution >= 4 is 35.3 Å². The van der Waals surface area contributed by atoms with Crippen molar-refractivity contribution in [2.45, 2.75) is 45.0 Å². The van der Waals surface area contributed by atoms with E-state index in [0.29, 0.717) is 45.5 Å². The minimum absolute atomic E-state index is 0.100. The standard InChI is InChI=1S/C28H31ClN4O4S/c1-5-14-36-26(34)24-18(4)30-27-31-28(38-15-6-2)32-33(27)25(24)19-12-13-22(23(16-19)35-7-3)37-17-20-10-8-9-11-21(20)29/h5,8-13,16,25H,1,6-7,14-15,17H2,2-4H3,(H,30,31,32). The van der Waals surface area contributed by atoms with Gasteiger partial charge in [-0.05, 0) is 44.0 Å². The zero-order valence-corrected chi connectivity index (χ0v) is 23.3. The maximum absolute atomic E-state index is 13.2. The van der Waals surface area contributed by atoms with E-state index in [0.717, 1.165) is 23.3 Å². The van der Waals surface area contributed by atoms with E-state index in [-0.39, 0.29) is 13.2 Å². The number of aromatic nitrogens is 3. The van der Waals surface area contributed by atoms with Crippen LogP contribution in [0.1, 0.15) is 44.4 Å². The Morgan fingerprint density at radius 2 is 2.03 bits per heavy atom. The van der Waals surface area contributed by atoms with Gasteiger partial charge in [-0.2, -0.15) is 4.98 Å². The van der Waals surface area contributed by atoms with Crippen molar-refractivity contribution in [3.05, 3.63) is 82.5 Å². The highest BCUT2D eigenvalue weighted by atomic mass is 35.5.